The van der Waals surface area contributed by atoms with E-state index in [4.69, 9.17) is 4.74 Å². The number of anilines is 1. The number of rotatable bonds is 4. The average Bonchev–Trinajstić information content (AvgIpc) is 2.54. The Balaban J connectivity index is 1.72. The number of hydrogen-bond donors (Lipinski definition) is 1. The summed E-state index contributed by atoms with van der Waals surface area (Å²) in [5, 5.41) is 10.2. The van der Waals surface area contributed by atoms with Gasteiger partial charge in [-0.15, -0.1) is 0 Å². The first-order valence-electron chi connectivity index (χ1n) is 7.01. The van der Waals surface area contributed by atoms with Gasteiger partial charge in [-0.3, -0.25) is 4.79 Å². The lowest BCUT2D eigenvalue weighted by atomic mass is 10.1. The van der Waals surface area contributed by atoms with E-state index in [1.54, 1.807) is 4.90 Å². The predicted octanol–water partition coefficient (Wildman–Crippen LogP) is 2.54. The Morgan fingerprint density at radius 2 is 1.81 bits per heavy atom. The van der Waals surface area contributed by atoms with E-state index in [0.717, 1.165) is 11.3 Å². The SMILES string of the molecule is O=C1COc2ccccc2N1CCC(O)c1ccccc1. The van der Waals surface area contributed by atoms with Gasteiger partial charge in [0.05, 0.1) is 11.8 Å². The maximum atomic E-state index is 12.0. The number of benzene rings is 2. The quantitative estimate of drug-likeness (QED) is 0.938. The average molecular weight is 283 g/mol. The first-order valence-corrected chi connectivity index (χ1v) is 7.01. The van der Waals surface area contributed by atoms with E-state index in [1.165, 1.54) is 0 Å². The summed E-state index contributed by atoms with van der Waals surface area (Å²) in [6, 6.07) is 17.0. The third-order valence-electron chi connectivity index (χ3n) is 3.62. The van der Waals surface area contributed by atoms with Gasteiger partial charge in [0, 0.05) is 6.54 Å². The molecule has 0 radical (unpaired) electrons. The van der Waals surface area contributed by atoms with Gasteiger partial charge in [0.15, 0.2) is 6.61 Å². The summed E-state index contributed by atoms with van der Waals surface area (Å²) in [6.07, 6.45) is -0.0848. The van der Waals surface area contributed by atoms with Crippen LogP contribution in [-0.4, -0.2) is 24.2 Å². The second-order valence-corrected chi connectivity index (χ2v) is 5.02. The molecule has 4 heteroatoms. The summed E-state index contributed by atoms with van der Waals surface area (Å²) < 4.78 is 5.40. The Bertz CT molecular complexity index is 627. The largest absolute Gasteiger partial charge is 0.482 e. The minimum absolute atomic E-state index is 0.0540. The van der Waals surface area contributed by atoms with Crippen LogP contribution in [0.4, 0.5) is 5.69 Å². The first kappa shape index (κ1) is 13.6. The van der Waals surface area contributed by atoms with Crippen molar-refractivity contribution in [1.29, 1.82) is 0 Å². The molecule has 1 N–H and O–H groups in total. The van der Waals surface area contributed by atoms with Gasteiger partial charge in [-0.05, 0) is 24.1 Å². The van der Waals surface area contributed by atoms with Gasteiger partial charge in [-0.25, -0.2) is 0 Å². The van der Waals surface area contributed by atoms with Crippen LogP contribution in [0.25, 0.3) is 0 Å². The van der Waals surface area contributed by atoms with Gasteiger partial charge in [0.25, 0.3) is 5.91 Å². The summed E-state index contributed by atoms with van der Waals surface area (Å²) >= 11 is 0. The normalized spacial score (nSPS) is 15.3. The number of ether oxygens (including phenoxy) is 1. The highest BCUT2D eigenvalue weighted by Crippen LogP contribution is 2.32. The van der Waals surface area contributed by atoms with Crippen LogP contribution in [0.1, 0.15) is 18.1 Å². The van der Waals surface area contributed by atoms with Gasteiger partial charge in [-0.1, -0.05) is 42.5 Å². The number of para-hydroxylation sites is 2. The molecule has 1 heterocycles. The summed E-state index contributed by atoms with van der Waals surface area (Å²) in [5.41, 5.74) is 1.64. The van der Waals surface area contributed by atoms with Crippen LogP contribution in [0.3, 0.4) is 0 Å². The molecular weight excluding hydrogens is 266 g/mol. The van der Waals surface area contributed by atoms with Crippen LogP contribution in [0.15, 0.2) is 54.6 Å². The van der Waals surface area contributed by atoms with Crippen molar-refractivity contribution in [2.24, 2.45) is 0 Å². The van der Waals surface area contributed by atoms with E-state index in [2.05, 4.69) is 0 Å². The smallest absolute Gasteiger partial charge is 0.265 e. The fourth-order valence-corrected chi connectivity index (χ4v) is 2.49. The lowest BCUT2D eigenvalue weighted by Crippen LogP contribution is -2.39. The van der Waals surface area contributed by atoms with Crippen molar-refractivity contribution in [1.82, 2.24) is 0 Å². The molecule has 1 atom stereocenters. The van der Waals surface area contributed by atoms with Gasteiger partial charge < -0.3 is 14.7 Å². The van der Waals surface area contributed by atoms with Crippen molar-refractivity contribution in [3.8, 4) is 5.75 Å². The molecule has 2 aromatic carbocycles. The Labute approximate surface area is 123 Å². The zero-order chi connectivity index (χ0) is 14.7. The van der Waals surface area contributed by atoms with Crippen molar-refractivity contribution in [2.75, 3.05) is 18.1 Å². The van der Waals surface area contributed by atoms with Crippen LogP contribution in [0.2, 0.25) is 0 Å². The topological polar surface area (TPSA) is 49.8 Å². The molecule has 1 amide bonds. The predicted molar refractivity (Wildman–Crippen MR) is 80.3 cm³/mol. The molecule has 1 aliphatic rings. The molecule has 0 fully saturated rings. The molecular formula is C17H17NO3. The van der Waals surface area contributed by atoms with E-state index >= 15 is 0 Å². The van der Waals surface area contributed by atoms with E-state index in [0.29, 0.717) is 18.7 Å². The molecule has 2 aromatic rings. The van der Waals surface area contributed by atoms with Crippen molar-refractivity contribution >= 4 is 11.6 Å². The van der Waals surface area contributed by atoms with Crippen LogP contribution in [0, 0.1) is 0 Å². The molecule has 1 aliphatic heterocycles. The zero-order valence-corrected chi connectivity index (χ0v) is 11.6. The second kappa shape index (κ2) is 5.97. The molecule has 0 saturated carbocycles. The number of aliphatic hydroxyl groups is 1. The number of nitrogens with zero attached hydrogens (tertiary/aromatic N) is 1. The van der Waals surface area contributed by atoms with E-state index in [-0.39, 0.29) is 12.5 Å². The maximum absolute atomic E-state index is 12.0. The maximum Gasteiger partial charge on any atom is 0.265 e. The highest BCUT2D eigenvalue weighted by atomic mass is 16.5. The van der Waals surface area contributed by atoms with Gasteiger partial charge in [0.2, 0.25) is 0 Å². The van der Waals surface area contributed by atoms with Crippen molar-refractivity contribution < 1.29 is 14.6 Å². The second-order valence-electron chi connectivity index (χ2n) is 5.02. The lowest BCUT2D eigenvalue weighted by molar-refractivity contribution is -0.121. The lowest BCUT2D eigenvalue weighted by Gasteiger charge is -2.30. The molecule has 0 saturated heterocycles. The Morgan fingerprint density at radius 1 is 1.10 bits per heavy atom. The highest BCUT2D eigenvalue weighted by Gasteiger charge is 2.25. The Morgan fingerprint density at radius 3 is 2.62 bits per heavy atom. The Hall–Kier alpha value is -2.33. The summed E-state index contributed by atoms with van der Waals surface area (Å²) in [5.74, 6) is 0.639. The molecule has 0 aromatic heterocycles. The number of hydrogen-bond acceptors (Lipinski definition) is 3. The molecule has 4 nitrogen and oxygen atoms in total. The number of aliphatic hydroxyl groups excluding tert-OH is 1. The van der Waals surface area contributed by atoms with Crippen molar-refractivity contribution in [3.63, 3.8) is 0 Å². The van der Waals surface area contributed by atoms with Crippen LogP contribution in [-0.2, 0) is 4.79 Å². The molecule has 21 heavy (non-hydrogen) atoms. The standard InChI is InChI=1S/C17H17NO3/c19-15(13-6-2-1-3-7-13)10-11-18-14-8-4-5-9-16(14)21-12-17(18)20/h1-9,15,19H,10-12H2. The zero-order valence-electron chi connectivity index (χ0n) is 11.6. The molecule has 1 unspecified atom stereocenters. The van der Waals surface area contributed by atoms with Crippen LogP contribution in [0.5, 0.6) is 5.75 Å². The fourth-order valence-electron chi connectivity index (χ4n) is 2.49. The third kappa shape index (κ3) is 2.90. The number of carbonyl (C=O) groups is 1. The van der Waals surface area contributed by atoms with Crippen LogP contribution < -0.4 is 9.64 Å². The van der Waals surface area contributed by atoms with E-state index in [9.17, 15) is 9.90 Å². The minimum Gasteiger partial charge on any atom is -0.482 e. The number of amides is 1. The monoisotopic (exact) mass is 283 g/mol. The van der Waals surface area contributed by atoms with Crippen molar-refractivity contribution in [2.45, 2.75) is 12.5 Å². The minimum atomic E-state index is -0.575. The fraction of sp³-hybridized carbons (Fsp3) is 0.235. The number of carbonyl (C=O) groups excluding carboxylic acids is 1. The molecule has 0 spiro atoms. The number of fused-ring (bicyclic) bond motifs is 1. The Kier molecular flexibility index (Phi) is 3.88. The van der Waals surface area contributed by atoms with E-state index in [1.807, 2.05) is 54.6 Å². The summed E-state index contributed by atoms with van der Waals surface area (Å²) in [7, 11) is 0. The molecule has 0 aliphatic carbocycles. The van der Waals surface area contributed by atoms with Crippen molar-refractivity contribution in [3.05, 3.63) is 60.2 Å². The first-order chi connectivity index (χ1) is 10.3. The molecule has 108 valence electrons. The summed E-state index contributed by atoms with van der Waals surface area (Å²) in [4.78, 5) is 13.7. The van der Waals surface area contributed by atoms with Gasteiger partial charge in [-0.2, -0.15) is 0 Å². The van der Waals surface area contributed by atoms with Crippen LogP contribution >= 0.6 is 0 Å². The summed E-state index contributed by atoms with van der Waals surface area (Å²) in [6.45, 7) is 0.522. The van der Waals surface area contributed by atoms with Gasteiger partial charge in [0.1, 0.15) is 5.75 Å². The van der Waals surface area contributed by atoms with E-state index < -0.39 is 6.10 Å². The molecule has 0 bridgehead atoms. The van der Waals surface area contributed by atoms with Gasteiger partial charge >= 0.3 is 0 Å². The highest BCUT2D eigenvalue weighted by molar-refractivity contribution is 5.97. The molecule has 3 rings (SSSR count). The third-order valence-corrected chi connectivity index (χ3v) is 3.62.